The molecule has 0 saturated heterocycles. The molecule has 2 heterocycles. The third-order valence-corrected chi connectivity index (χ3v) is 7.15. The first-order valence-corrected chi connectivity index (χ1v) is 11.4. The lowest BCUT2D eigenvalue weighted by Crippen LogP contribution is -2.32. The zero-order chi connectivity index (χ0) is 21.1. The minimum absolute atomic E-state index is 0.141. The Labute approximate surface area is 174 Å². The number of thiocarbonyl (C=S) groups is 1. The van der Waals surface area contributed by atoms with Gasteiger partial charge in [0.2, 0.25) is 0 Å². The fraction of sp³-hybridized carbons (Fsp3) is 0.467. The molecule has 13 heteroatoms. The Morgan fingerprint density at radius 2 is 2.18 bits per heavy atom. The predicted molar refractivity (Wildman–Crippen MR) is 108 cm³/mol. The van der Waals surface area contributed by atoms with Crippen molar-refractivity contribution in [2.24, 2.45) is 0 Å². The highest BCUT2D eigenvalue weighted by Gasteiger charge is 2.35. The Balaban J connectivity index is 2.13. The molecule has 2 rings (SSSR count). The van der Waals surface area contributed by atoms with Crippen LogP contribution in [-0.2, 0) is 9.84 Å². The summed E-state index contributed by atoms with van der Waals surface area (Å²) in [7, 11) is -4.32. The molecule has 0 fully saturated rings. The van der Waals surface area contributed by atoms with Crippen molar-refractivity contribution in [1.82, 2.24) is 10.0 Å². The van der Waals surface area contributed by atoms with Crippen molar-refractivity contribution in [2.75, 3.05) is 29.5 Å². The number of sulfone groups is 1. The highest BCUT2D eigenvalue weighted by molar-refractivity contribution is 7.91. The lowest BCUT2D eigenvalue weighted by Gasteiger charge is -2.22. The average Bonchev–Trinajstić information content (AvgIpc) is 2.93. The minimum Gasteiger partial charge on any atom is -0.325 e. The summed E-state index contributed by atoms with van der Waals surface area (Å²) in [4.78, 5) is 5.97. The van der Waals surface area contributed by atoms with Gasteiger partial charge in [0.25, 0.3) is 0 Å². The zero-order valence-corrected chi connectivity index (χ0v) is 17.8. The molecule has 1 aliphatic rings. The van der Waals surface area contributed by atoms with Crippen molar-refractivity contribution < 1.29 is 26.8 Å². The van der Waals surface area contributed by atoms with E-state index >= 15 is 0 Å². The van der Waals surface area contributed by atoms with Gasteiger partial charge in [-0.05, 0) is 13.0 Å². The molecule has 0 spiro atoms. The third kappa shape index (κ3) is 6.41. The van der Waals surface area contributed by atoms with E-state index in [0.717, 1.165) is 10.6 Å². The predicted octanol–water partition coefficient (Wildman–Crippen LogP) is 3.92. The van der Waals surface area contributed by atoms with Crippen LogP contribution in [0.25, 0.3) is 5.57 Å². The SMILES string of the molecule is CCN(C(=S)CCS(=O)(=O)CC(F)(F)F)c1sc(C2=CC=CN(O)C2)nc1Cl. The van der Waals surface area contributed by atoms with Gasteiger partial charge in [0.05, 0.1) is 17.3 Å². The fourth-order valence-corrected chi connectivity index (χ4v) is 5.48. The van der Waals surface area contributed by atoms with E-state index in [9.17, 15) is 26.8 Å². The van der Waals surface area contributed by atoms with Crippen LogP contribution in [0.15, 0.2) is 18.4 Å². The lowest BCUT2D eigenvalue weighted by atomic mass is 10.2. The molecule has 0 amide bonds. The zero-order valence-electron chi connectivity index (χ0n) is 14.6. The number of nitrogens with zero attached hydrogens (tertiary/aromatic N) is 3. The van der Waals surface area contributed by atoms with E-state index < -0.39 is 27.5 Å². The first-order chi connectivity index (χ1) is 12.9. The summed E-state index contributed by atoms with van der Waals surface area (Å²) in [6, 6.07) is 0. The van der Waals surface area contributed by atoms with Crippen molar-refractivity contribution in [3.05, 3.63) is 28.5 Å². The summed E-state index contributed by atoms with van der Waals surface area (Å²) in [6.07, 6.45) is -0.134. The molecule has 28 heavy (non-hydrogen) atoms. The molecule has 0 unspecified atom stereocenters. The van der Waals surface area contributed by atoms with Crippen LogP contribution in [0.1, 0.15) is 18.4 Å². The Bertz CT molecular complexity index is 897. The number of alkyl halides is 3. The largest absolute Gasteiger partial charge is 0.402 e. The maximum Gasteiger partial charge on any atom is 0.402 e. The molecule has 0 atom stereocenters. The fourth-order valence-electron chi connectivity index (χ4n) is 2.41. The van der Waals surface area contributed by atoms with Crippen LogP contribution in [0.3, 0.4) is 0 Å². The number of halogens is 4. The van der Waals surface area contributed by atoms with Crippen LogP contribution >= 0.6 is 35.2 Å². The molecule has 6 nitrogen and oxygen atoms in total. The maximum absolute atomic E-state index is 12.3. The van der Waals surface area contributed by atoms with Crippen LogP contribution in [0, 0.1) is 0 Å². The molecule has 1 N–H and O–H groups in total. The van der Waals surface area contributed by atoms with Crippen molar-refractivity contribution in [3.8, 4) is 0 Å². The molecule has 0 bridgehead atoms. The molecular weight excluding hydrogens is 459 g/mol. The molecule has 1 aliphatic heterocycles. The van der Waals surface area contributed by atoms with E-state index in [0.29, 0.717) is 16.6 Å². The van der Waals surface area contributed by atoms with E-state index in [2.05, 4.69) is 4.98 Å². The summed E-state index contributed by atoms with van der Waals surface area (Å²) in [5.41, 5.74) is 0.720. The molecule has 0 saturated carbocycles. The Hall–Kier alpha value is -1.21. The first kappa shape index (κ1) is 23.1. The van der Waals surface area contributed by atoms with E-state index in [-0.39, 0.29) is 23.1 Å². The minimum atomic E-state index is -4.79. The normalized spacial score (nSPS) is 14.9. The van der Waals surface area contributed by atoms with Crippen LogP contribution in [-0.4, -0.2) is 59.4 Å². The summed E-state index contributed by atoms with van der Waals surface area (Å²) in [5.74, 6) is -2.58. The van der Waals surface area contributed by atoms with Crippen LogP contribution in [0.5, 0.6) is 0 Å². The van der Waals surface area contributed by atoms with E-state index in [1.807, 2.05) is 0 Å². The monoisotopic (exact) mass is 475 g/mol. The van der Waals surface area contributed by atoms with Gasteiger partial charge in [-0.25, -0.2) is 13.4 Å². The van der Waals surface area contributed by atoms with Crippen molar-refractivity contribution in [1.29, 1.82) is 0 Å². The summed E-state index contributed by atoms with van der Waals surface area (Å²) < 4.78 is 60.3. The van der Waals surface area contributed by atoms with Gasteiger partial charge in [-0.2, -0.15) is 13.2 Å². The number of hydroxylamine groups is 2. The number of aromatic nitrogens is 1. The van der Waals surface area contributed by atoms with Gasteiger partial charge in [-0.1, -0.05) is 41.2 Å². The second-order valence-electron chi connectivity index (χ2n) is 5.84. The maximum atomic E-state index is 12.3. The van der Waals surface area contributed by atoms with Gasteiger partial charge in [-0.3, -0.25) is 10.3 Å². The smallest absolute Gasteiger partial charge is 0.325 e. The summed E-state index contributed by atoms with van der Waals surface area (Å²) in [5, 5.41) is 11.7. The first-order valence-electron chi connectivity index (χ1n) is 7.99. The molecule has 0 aromatic carbocycles. The van der Waals surface area contributed by atoms with Gasteiger partial charge < -0.3 is 4.90 Å². The Morgan fingerprint density at radius 1 is 1.50 bits per heavy atom. The van der Waals surface area contributed by atoms with Crippen LogP contribution in [0.4, 0.5) is 18.2 Å². The van der Waals surface area contributed by atoms with Crippen LogP contribution < -0.4 is 4.90 Å². The topological polar surface area (TPSA) is 73.7 Å². The van der Waals surface area contributed by atoms with Gasteiger partial charge in [0.15, 0.2) is 15.0 Å². The second kappa shape index (κ2) is 9.08. The average molecular weight is 476 g/mol. The van der Waals surface area contributed by atoms with Gasteiger partial charge >= 0.3 is 6.18 Å². The molecule has 1 aromatic rings. The summed E-state index contributed by atoms with van der Waals surface area (Å²) >= 11 is 12.6. The van der Waals surface area contributed by atoms with Crippen molar-refractivity contribution >= 4 is 60.6 Å². The summed E-state index contributed by atoms with van der Waals surface area (Å²) in [6.45, 7) is 2.31. The highest BCUT2D eigenvalue weighted by atomic mass is 35.5. The molecule has 0 aliphatic carbocycles. The highest BCUT2D eigenvalue weighted by Crippen LogP contribution is 2.37. The number of allylic oxidation sites excluding steroid dienone is 2. The number of thiazole rings is 1. The Kier molecular flexibility index (Phi) is 7.48. The Morgan fingerprint density at radius 3 is 2.75 bits per heavy atom. The number of hydrogen-bond donors (Lipinski definition) is 1. The van der Waals surface area contributed by atoms with Gasteiger partial charge in [-0.15, -0.1) is 0 Å². The molecule has 156 valence electrons. The number of rotatable bonds is 7. The number of hydrogen-bond acceptors (Lipinski definition) is 7. The molecular formula is C15H17ClF3N3O3S3. The van der Waals surface area contributed by atoms with Crippen molar-refractivity contribution in [3.63, 3.8) is 0 Å². The van der Waals surface area contributed by atoms with Crippen molar-refractivity contribution in [2.45, 2.75) is 19.5 Å². The van der Waals surface area contributed by atoms with Crippen LogP contribution in [0.2, 0.25) is 5.15 Å². The van der Waals surface area contributed by atoms with E-state index in [1.165, 1.54) is 17.5 Å². The lowest BCUT2D eigenvalue weighted by molar-refractivity contribution is -0.106. The third-order valence-electron chi connectivity index (χ3n) is 3.61. The number of anilines is 1. The molecule has 0 radical (unpaired) electrons. The quantitative estimate of drug-likeness (QED) is 0.599. The van der Waals surface area contributed by atoms with Gasteiger partial charge in [0.1, 0.15) is 15.8 Å². The molecule has 1 aromatic heterocycles. The second-order valence-corrected chi connectivity index (χ2v) is 9.83. The van der Waals surface area contributed by atoms with E-state index in [1.54, 1.807) is 24.0 Å². The standard InChI is InChI=1S/C15H17ClF3N3O3S3/c1-2-22(11(26)5-7-28(24,25)9-15(17,18)19)14-12(16)20-13(27-14)10-4-3-6-21(23)8-10/h3-4,6,23H,2,5,7-9H2,1H3. The van der Waals surface area contributed by atoms with E-state index in [4.69, 9.17) is 23.8 Å². The van der Waals surface area contributed by atoms with Gasteiger partial charge in [0, 0.05) is 24.7 Å².